The average molecular weight is 392 g/mol. The molecule has 0 amide bonds. The van der Waals surface area contributed by atoms with Gasteiger partial charge in [0.1, 0.15) is 6.04 Å². The highest BCUT2D eigenvalue weighted by Gasteiger charge is 2.41. The van der Waals surface area contributed by atoms with Gasteiger partial charge in [-0.25, -0.2) is 0 Å². The zero-order valence-corrected chi connectivity index (χ0v) is 17.2. The van der Waals surface area contributed by atoms with Gasteiger partial charge in [-0.15, -0.1) is 0 Å². The highest BCUT2D eigenvalue weighted by molar-refractivity contribution is 7.80. The van der Waals surface area contributed by atoms with Crippen LogP contribution in [0.25, 0.3) is 0 Å². The topological polar surface area (TPSA) is 36.3 Å². The van der Waals surface area contributed by atoms with Crippen LogP contribution in [0.1, 0.15) is 30.4 Å². The molecule has 1 aliphatic rings. The van der Waals surface area contributed by atoms with Crippen LogP contribution in [0.3, 0.4) is 0 Å². The zero-order chi connectivity index (χ0) is 19.7. The van der Waals surface area contributed by atoms with E-state index in [1.54, 1.807) is 0 Å². The second-order valence-corrected chi connectivity index (χ2v) is 7.51. The van der Waals surface area contributed by atoms with Gasteiger partial charge in [0.15, 0.2) is 5.11 Å². The Morgan fingerprint density at radius 3 is 2.50 bits per heavy atom. The van der Waals surface area contributed by atoms with E-state index in [4.69, 9.17) is 12.2 Å². The molecule has 2 aromatic heterocycles. The number of anilines is 2. The van der Waals surface area contributed by atoms with Crippen molar-refractivity contribution in [2.45, 2.75) is 25.6 Å². The lowest BCUT2D eigenvalue weighted by Crippen LogP contribution is -2.30. The highest BCUT2D eigenvalue weighted by Crippen LogP contribution is 2.41. The molecular weight excluding hydrogens is 366 g/mol. The molecule has 0 spiro atoms. The minimum absolute atomic E-state index is 0.0116. The molecule has 4 rings (SSSR count). The molecule has 1 fully saturated rings. The molecule has 5 nitrogen and oxygen atoms in total. The second-order valence-electron chi connectivity index (χ2n) is 7.13. The lowest BCUT2D eigenvalue weighted by molar-refractivity contribution is 0.529. The number of hydrogen-bond donors (Lipinski definition) is 1. The van der Waals surface area contributed by atoms with Crippen molar-refractivity contribution in [1.82, 2.24) is 14.9 Å². The van der Waals surface area contributed by atoms with Crippen molar-refractivity contribution in [3.63, 3.8) is 0 Å². The van der Waals surface area contributed by atoms with Crippen molar-refractivity contribution in [3.8, 4) is 0 Å². The molecule has 2 atom stereocenters. The number of hydrogen-bond acceptors (Lipinski definition) is 3. The highest BCUT2D eigenvalue weighted by atomic mass is 32.1. The maximum Gasteiger partial charge on any atom is 0.174 e. The number of nitrogens with zero attached hydrogens (tertiary/aromatic N) is 4. The molecule has 28 heavy (non-hydrogen) atoms. The first-order chi connectivity index (χ1) is 13.6. The molecule has 0 bridgehead atoms. The van der Waals surface area contributed by atoms with Crippen molar-refractivity contribution in [1.29, 1.82) is 0 Å². The summed E-state index contributed by atoms with van der Waals surface area (Å²) in [5.41, 5.74) is 4.46. The molecule has 1 aliphatic heterocycles. The summed E-state index contributed by atoms with van der Waals surface area (Å²) < 4.78 is 2.28. The predicted octanol–water partition coefficient (Wildman–Crippen LogP) is 4.15. The zero-order valence-electron chi connectivity index (χ0n) is 16.4. The van der Waals surface area contributed by atoms with Gasteiger partial charge in [-0.2, -0.15) is 0 Å². The average Bonchev–Trinajstić information content (AvgIpc) is 3.32. The van der Waals surface area contributed by atoms with Crippen LogP contribution in [0.5, 0.6) is 0 Å². The summed E-state index contributed by atoms with van der Waals surface area (Å²) in [6, 6.07) is 18.9. The molecule has 0 saturated carbocycles. The molecule has 144 valence electrons. The lowest BCUT2D eigenvalue weighted by Gasteiger charge is -2.29. The van der Waals surface area contributed by atoms with Crippen LogP contribution < -0.4 is 15.1 Å². The van der Waals surface area contributed by atoms with Gasteiger partial charge < -0.3 is 19.7 Å². The van der Waals surface area contributed by atoms with Crippen molar-refractivity contribution in [2.24, 2.45) is 0 Å². The molecule has 0 aliphatic carbocycles. The summed E-state index contributed by atoms with van der Waals surface area (Å²) in [6.07, 6.45) is 3.96. The standard InChI is InChI=1S/C22H25N5S/c1-4-26-15-7-9-19(26)21-20(18-8-5-6-14-23-18)24-22(28)27(21)17-12-10-16(11-13-17)25(2)3/h5-15,20-21H,4H2,1-3H3,(H,24,28)/t20-,21-/m0/s1. The maximum atomic E-state index is 5.78. The maximum absolute atomic E-state index is 5.78. The van der Waals surface area contributed by atoms with Gasteiger partial charge >= 0.3 is 0 Å². The van der Waals surface area contributed by atoms with Gasteiger partial charge in [-0.3, -0.25) is 4.98 Å². The summed E-state index contributed by atoms with van der Waals surface area (Å²) >= 11 is 5.78. The lowest BCUT2D eigenvalue weighted by atomic mass is 10.0. The number of pyridine rings is 1. The third-order valence-corrected chi connectivity index (χ3v) is 5.57. The van der Waals surface area contributed by atoms with Gasteiger partial charge in [-0.05, 0) is 67.7 Å². The number of aromatic nitrogens is 2. The van der Waals surface area contributed by atoms with Crippen LogP contribution in [-0.2, 0) is 6.54 Å². The van der Waals surface area contributed by atoms with Crippen LogP contribution in [0.15, 0.2) is 67.0 Å². The Bertz CT molecular complexity index is 949. The summed E-state index contributed by atoms with van der Waals surface area (Å²) in [5.74, 6) is 0. The summed E-state index contributed by atoms with van der Waals surface area (Å²) in [4.78, 5) is 8.93. The number of benzene rings is 1. The molecule has 0 radical (unpaired) electrons. The van der Waals surface area contributed by atoms with Crippen molar-refractivity contribution in [2.75, 3.05) is 23.9 Å². The van der Waals surface area contributed by atoms with E-state index in [0.29, 0.717) is 0 Å². The van der Waals surface area contributed by atoms with E-state index in [1.165, 1.54) is 5.69 Å². The Morgan fingerprint density at radius 2 is 1.86 bits per heavy atom. The number of thiocarbonyl (C=S) groups is 1. The first-order valence-corrected chi connectivity index (χ1v) is 9.94. The second kappa shape index (κ2) is 7.64. The van der Waals surface area contributed by atoms with E-state index in [9.17, 15) is 0 Å². The van der Waals surface area contributed by atoms with E-state index < -0.39 is 0 Å². The Hall–Kier alpha value is -2.86. The van der Waals surface area contributed by atoms with E-state index in [0.717, 1.165) is 28.7 Å². The van der Waals surface area contributed by atoms with E-state index in [2.05, 4.69) is 80.3 Å². The van der Waals surface area contributed by atoms with Gasteiger partial charge in [0.2, 0.25) is 0 Å². The number of nitrogens with one attached hydrogen (secondary N) is 1. The van der Waals surface area contributed by atoms with Gasteiger partial charge in [0.25, 0.3) is 0 Å². The SMILES string of the molecule is CCn1cccc1[C@H]1[C@H](c2ccccn2)NC(=S)N1c1ccc(N(C)C)cc1. The van der Waals surface area contributed by atoms with Gasteiger partial charge in [-0.1, -0.05) is 6.07 Å². The molecule has 3 aromatic rings. The molecule has 6 heteroatoms. The Morgan fingerprint density at radius 1 is 1.07 bits per heavy atom. The largest absolute Gasteiger partial charge is 0.378 e. The summed E-state index contributed by atoms with van der Waals surface area (Å²) in [7, 11) is 4.09. The van der Waals surface area contributed by atoms with Crippen LogP contribution >= 0.6 is 12.2 Å². The number of aryl methyl sites for hydroxylation is 1. The van der Waals surface area contributed by atoms with Gasteiger partial charge in [0, 0.05) is 50.1 Å². The molecular formula is C22H25N5S. The van der Waals surface area contributed by atoms with E-state index in [-0.39, 0.29) is 12.1 Å². The van der Waals surface area contributed by atoms with Crippen molar-refractivity contribution in [3.05, 3.63) is 78.4 Å². The molecule has 1 aromatic carbocycles. The van der Waals surface area contributed by atoms with Crippen LogP contribution in [0, 0.1) is 0 Å². The Balaban J connectivity index is 1.80. The Labute approximate surface area is 171 Å². The minimum atomic E-state index is -0.0116. The van der Waals surface area contributed by atoms with Crippen LogP contribution in [0.4, 0.5) is 11.4 Å². The number of rotatable bonds is 5. The fraction of sp³-hybridized carbons (Fsp3) is 0.273. The third-order valence-electron chi connectivity index (χ3n) is 5.25. The van der Waals surface area contributed by atoms with Crippen molar-refractivity contribution >= 4 is 28.7 Å². The van der Waals surface area contributed by atoms with E-state index in [1.807, 2.05) is 32.4 Å². The monoisotopic (exact) mass is 391 g/mol. The predicted molar refractivity (Wildman–Crippen MR) is 119 cm³/mol. The third kappa shape index (κ3) is 3.24. The molecule has 1 N–H and O–H groups in total. The first-order valence-electron chi connectivity index (χ1n) is 9.53. The van der Waals surface area contributed by atoms with Crippen molar-refractivity contribution < 1.29 is 0 Å². The van der Waals surface area contributed by atoms with Crippen LogP contribution in [-0.4, -0.2) is 28.8 Å². The smallest absolute Gasteiger partial charge is 0.174 e. The van der Waals surface area contributed by atoms with Crippen LogP contribution in [0.2, 0.25) is 0 Å². The normalized spacial score (nSPS) is 19.0. The molecule has 1 saturated heterocycles. The molecule has 3 heterocycles. The minimum Gasteiger partial charge on any atom is -0.378 e. The fourth-order valence-electron chi connectivity index (χ4n) is 3.83. The fourth-order valence-corrected chi connectivity index (χ4v) is 4.17. The first kappa shape index (κ1) is 18.5. The molecule has 0 unspecified atom stereocenters. The summed E-state index contributed by atoms with van der Waals surface area (Å²) in [6.45, 7) is 3.07. The van der Waals surface area contributed by atoms with Gasteiger partial charge in [0.05, 0.1) is 11.7 Å². The van der Waals surface area contributed by atoms with E-state index >= 15 is 0 Å². The summed E-state index contributed by atoms with van der Waals surface area (Å²) in [5, 5.41) is 4.24. The Kier molecular flexibility index (Phi) is 5.05. The quantitative estimate of drug-likeness (QED) is 0.662.